The molecule has 3 aromatic rings. The smallest absolute Gasteiger partial charge is 0.259 e. The minimum Gasteiger partial charge on any atom is -0.507 e. The molecule has 0 atom stereocenters. The number of aromatic nitrogens is 2. The van der Waals surface area contributed by atoms with Crippen molar-refractivity contribution in [2.45, 2.75) is 6.92 Å². The molecule has 100 valence electrons. The van der Waals surface area contributed by atoms with E-state index >= 15 is 0 Å². The Kier molecular flexibility index (Phi) is 2.95. The molecule has 0 spiro atoms. The fourth-order valence-electron chi connectivity index (χ4n) is 2.08. The van der Waals surface area contributed by atoms with Crippen molar-refractivity contribution in [3.05, 3.63) is 57.3 Å². The number of phenolic OH excluding ortho intramolecular Hbond substituents is 1. The van der Waals surface area contributed by atoms with Crippen LogP contribution in [0.4, 0.5) is 0 Å². The van der Waals surface area contributed by atoms with Crippen LogP contribution in [0.3, 0.4) is 0 Å². The van der Waals surface area contributed by atoms with Crippen LogP contribution in [0.5, 0.6) is 5.75 Å². The molecule has 0 bridgehead atoms. The molecular weight excluding hydrogens is 276 g/mol. The number of hydrogen-bond donors (Lipinski definition) is 2. The van der Waals surface area contributed by atoms with Gasteiger partial charge < -0.3 is 10.1 Å². The standard InChI is InChI=1S/C15H11ClN2O2/c1-8-2-4-10(13(19)6-8)14-17-12-5-3-9(16)7-11(12)15(20)18-14/h2-7,19H,1H3,(H,17,18,20). The van der Waals surface area contributed by atoms with Crippen LogP contribution in [0.2, 0.25) is 5.02 Å². The van der Waals surface area contributed by atoms with Gasteiger partial charge in [0, 0.05) is 5.02 Å². The normalized spacial score (nSPS) is 10.9. The first-order valence-electron chi connectivity index (χ1n) is 6.04. The number of aromatic hydroxyl groups is 1. The average molecular weight is 287 g/mol. The van der Waals surface area contributed by atoms with Gasteiger partial charge in [-0.2, -0.15) is 0 Å². The lowest BCUT2D eigenvalue weighted by atomic mass is 10.1. The molecule has 0 amide bonds. The fourth-order valence-corrected chi connectivity index (χ4v) is 2.25. The van der Waals surface area contributed by atoms with Gasteiger partial charge in [-0.3, -0.25) is 4.79 Å². The number of aryl methyl sites for hydroxylation is 1. The van der Waals surface area contributed by atoms with E-state index in [-0.39, 0.29) is 11.3 Å². The zero-order chi connectivity index (χ0) is 14.3. The molecule has 0 saturated carbocycles. The molecule has 0 saturated heterocycles. The summed E-state index contributed by atoms with van der Waals surface area (Å²) in [5.74, 6) is 0.420. The molecular formula is C15H11ClN2O2. The maximum atomic E-state index is 12.1. The van der Waals surface area contributed by atoms with Crippen LogP contribution in [0.15, 0.2) is 41.2 Å². The number of rotatable bonds is 1. The van der Waals surface area contributed by atoms with Crippen molar-refractivity contribution < 1.29 is 5.11 Å². The Balaban J connectivity index is 2.27. The predicted octanol–water partition coefficient (Wildman–Crippen LogP) is 3.26. The second-order valence-electron chi connectivity index (χ2n) is 4.60. The van der Waals surface area contributed by atoms with Crippen molar-refractivity contribution in [3.8, 4) is 17.1 Å². The van der Waals surface area contributed by atoms with Gasteiger partial charge in [0.1, 0.15) is 11.6 Å². The van der Waals surface area contributed by atoms with Gasteiger partial charge in [-0.25, -0.2) is 4.98 Å². The zero-order valence-corrected chi connectivity index (χ0v) is 11.4. The van der Waals surface area contributed by atoms with E-state index in [2.05, 4.69) is 9.97 Å². The van der Waals surface area contributed by atoms with Gasteiger partial charge in [0.05, 0.1) is 16.5 Å². The van der Waals surface area contributed by atoms with Gasteiger partial charge in [-0.15, -0.1) is 0 Å². The first-order valence-corrected chi connectivity index (χ1v) is 6.42. The molecule has 0 fully saturated rings. The minimum absolute atomic E-state index is 0.0847. The average Bonchev–Trinajstić information content (AvgIpc) is 2.39. The topological polar surface area (TPSA) is 66.0 Å². The second kappa shape index (κ2) is 4.65. The molecule has 0 aliphatic carbocycles. The summed E-state index contributed by atoms with van der Waals surface area (Å²) in [5.41, 5.74) is 1.67. The molecule has 1 heterocycles. The Morgan fingerprint density at radius 2 is 2.00 bits per heavy atom. The monoisotopic (exact) mass is 286 g/mol. The second-order valence-corrected chi connectivity index (χ2v) is 5.03. The van der Waals surface area contributed by atoms with E-state index in [9.17, 15) is 9.90 Å². The Bertz CT molecular complexity index is 871. The van der Waals surface area contributed by atoms with E-state index in [1.807, 2.05) is 13.0 Å². The van der Waals surface area contributed by atoms with Gasteiger partial charge >= 0.3 is 0 Å². The van der Waals surface area contributed by atoms with E-state index < -0.39 is 0 Å². The van der Waals surface area contributed by atoms with Gasteiger partial charge in [-0.05, 0) is 42.8 Å². The summed E-state index contributed by atoms with van der Waals surface area (Å²) in [5, 5.41) is 10.9. The third-order valence-electron chi connectivity index (χ3n) is 3.08. The zero-order valence-electron chi connectivity index (χ0n) is 10.6. The molecule has 0 aliphatic rings. The van der Waals surface area contributed by atoms with Crippen LogP contribution in [-0.2, 0) is 0 Å². The molecule has 2 N–H and O–H groups in total. The molecule has 3 rings (SSSR count). The highest BCUT2D eigenvalue weighted by molar-refractivity contribution is 6.31. The van der Waals surface area contributed by atoms with Gasteiger partial charge in [0.2, 0.25) is 0 Å². The van der Waals surface area contributed by atoms with E-state index in [1.54, 1.807) is 30.3 Å². The van der Waals surface area contributed by atoms with E-state index in [0.717, 1.165) is 5.56 Å². The van der Waals surface area contributed by atoms with Crippen LogP contribution in [-0.4, -0.2) is 15.1 Å². The summed E-state index contributed by atoms with van der Waals surface area (Å²) in [6.45, 7) is 1.88. The number of benzene rings is 2. The lowest BCUT2D eigenvalue weighted by Gasteiger charge is -2.06. The fraction of sp³-hybridized carbons (Fsp3) is 0.0667. The molecule has 0 radical (unpaired) electrons. The number of fused-ring (bicyclic) bond motifs is 1. The maximum absolute atomic E-state index is 12.1. The lowest BCUT2D eigenvalue weighted by molar-refractivity contribution is 0.476. The van der Waals surface area contributed by atoms with Crippen LogP contribution in [0.1, 0.15) is 5.56 Å². The van der Waals surface area contributed by atoms with Crippen LogP contribution >= 0.6 is 11.6 Å². The first kappa shape index (κ1) is 12.7. The van der Waals surface area contributed by atoms with Crippen molar-refractivity contribution in [1.29, 1.82) is 0 Å². The quantitative estimate of drug-likeness (QED) is 0.721. The predicted molar refractivity (Wildman–Crippen MR) is 79.2 cm³/mol. The number of nitrogens with one attached hydrogen (secondary N) is 1. The Labute approximate surface area is 119 Å². The van der Waals surface area contributed by atoms with Crippen molar-refractivity contribution in [2.75, 3.05) is 0 Å². The van der Waals surface area contributed by atoms with E-state index in [4.69, 9.17) is 11.6 Å². The third-order valence-corrected chi connectivity index (χ3v) is 3.31. The molecule has 20 heavy (non-hydrogen) atoms. The maximum Gasteiger partial charge on any atom is 0.259 e. The van der Waals surface area contributed by atoms with Gasteiger partial charge in [0.25, 0.3) is 5.56 Å². The number of hydrogen-bond acceptors (Lipinski definition) is 3. The number of nitrogens with zero attached hydrogens (tertiary/aromatic N) is 1. The Hall–Kier alpha value is -2.33. The Morgan fingerprint density at radius 3 is 2.75 bits per heavy atom. The summed E-state index contributed by atoms with van der Waals surface area (Å²) >= 11 is 5.87. The first-order chi connectivity index (χ1) is 9.54. The SMILES string of the molecule is Cc1ccc(-c2nc3ccc(Cl)cc3c(=O)[nH]2)c(O)c1. The highest BCUT2D eigenvalue weighted by Gasteiger charge is 2.10. The van der Waals surface area contributed by atoms with Crippen LogP contribution in [0, 0.1) is 6.92 Å². The van der Waals surface area contributed by atoms with Crippen LogP contribution in [0.25, 0.3) is 22.3 Å². The number of H-pyrrole nitrogens is 1. The largest absolute Gasteiger partial charge is 0.507 e. The van der Waals surface area contributed by atoms with E-state index in [0.29, 0.717) is 27.3 Å². The van der Waals surface area contributed by atoms with Crippen molar-refractivity contribution >= 4 is 22.5 Å². The molecule has 4 nitrogen and oxygen atoms in total. The summed E-state index contributed by atoms with van der Waals surface area (Å²) in [6.07, 6.45) is 0. The van der Waals surface area contributed by atoms with E-state index in [1.165, 1.54) is 0 Å². The highest BCUT2D eigenvalue weighted by Crippen LogP contribution is 2.27. The van der Waals surface area contributed by atoms with Crippen molar-refractivity contribution in [1.82, 2.24) is 9.97 Å². The number of aromatic amines is 1. The number of phenols is 1. The summed E-state index contributed by atoms with van der Waals surface area (Å²) in [6, 6.07) is 10.1. The molecule has 0 aliphatic heterocycles. The van der Waals surface area contributed by atoms with Crippen molar-refractivity contribution in [2.24, 2.45) is 0 Å². The Morgan fingerprint density at radius 1 is 1.20 bits per heavy atom. The minimum atomic E-state index is -0.285. The molecule has 5 heteroatoms. The van der Waals surface area contributed by atoms with Crippen LogP contribution < -0.4 is 5.56 Å². The summed E-state index contributed by atoms with van der Waals surface area (Å²) in [4.78, 5) is 19.1. The number of halogens is 1. The molecule has 2 aromatic carbocycles. The van der Waals surface area contributed by atoms with Gasteiger partial charge in [-0.1, -0.05) is 17.7 Å². The molecule has 1 aromatic heterocycles. The third kappa shape index (κ3) is 2.14. The molecule has 0 unspecified atom stereocenters. The summed E-state index contributed by atoms with van der Waals surface area (Å²) < 4.78 is 0. The highest BCUT2D eigenvalue weighted by atomic mass is 35.5. The van der Waals surface area contributed by atoms with Gasteiger partial charge in [0.15, 0.2) is 0 Å². The summed E-state index contributed by atoms with van der Waals surface area (Å²) in [7, 11) is 0. The lowest BCUT2D eigenvalue weighted by Crippen LogP contribution is -2.09. The van der Waals surface area contributed by atoms with Crippen molar-refractivity contribution in [3.63, 3.8) is 0 Å².